The third kappa shape index (κ3) is 5.98. The van der Waals surface area contributed by atoms with E-state index in [0.717, 1.165) is 36.1 Å². The summed E-state index contributed by atoms with van der Waals surface area (Å²) >= 11 is 6.15. The van der Waals surface area contributed by atoms with Crippen LogP contribution in [0.25, 0.3) is 0 Å². The molecule has 0 saturated heterocycles. The first-order valence-electron chi connectivity index (χ1n) is 7.41. The maximum atomic E-state index is 12.4. The fourth-order valence-corrected chi connectivity index (χ4v) is 3.52. The van der Waals surface area contributed by atoms with Crippen molar-refractivity contribution >= 4 is 49.9 Å². The van der Waals surface area contributed by atoms with Gasteiger partial charge in [0.15, 0.2) is 5.52 Å². The Morgan fingerprint density at radius 2 is 1.87 bits per heavy atom. The van der Waals surface area contributed by atoms with E-state index in [2.05, 4.69) is 6.92 Å². The van der Waals surface area contributed by atoms with Crippen LogP contribution >= 0.6 is 20.2 Å². The van der Waals surface area contributed by atoms with Crippen molar-refractivity contribution in [1.29, 1.82) is 0 Å². The van der Waals surface area contributed by atoms with Gasteiger partial charge in [-0.1, -0.05) is 49.2 Å². The van der Waals surface area contributed by atoms with Gasteiger partial charge < -0.3 is 4.74 Å². The average Bonchev–Trinajstić information content (AvgIpc) is 2.49. The van der Waals surface area contributed by atoms with E-state index in [4.69, 9.17) is 16.3 Å². The van der Waals surface area contributed by atoms with Gasteiger partial charge in [0.1, 0.15) is 5.75 Å². The van der Waals surface area contributed by atoms with Crippen molar-refractivity contribution < 1.29 is 9.53 Å². The molecule has 0 amide bonds. The van der Waals surface area contributed by atoms with Gasteiger partial charge in [-0.25, -0.2) is 0 Å². The Labute approximate surface area is 156 Å². The molecule has 0 aromatic heterocycles. The molecular formula is C18H20ClLiO2P. The maximum absolute atomic E-state index is 12.4. The van der Waals surface area contributed by atoms with Crippen molar-refractivity contribution in [3.8, 4) is 5.75 Å². The number of carbonyl (C=O) groups is 1. The number of hydrogen-bond acceptors (Lipinski definition) is 2. The molecule has 5 heteroatoms. The van der Waals surface area contributed by atoms with E-state index in [0.29, 0.717) is 10.6 Å². The van der Waals surface area contributed by atoms with Crippen LogP contribution in [0.4, 0.5) is 0 Å². The number of aryl methyl sites for hydroxylation is 1. The van der Waals surface area contributed by atoms with Gasteiger partial charge in [0.05, 0.1) is 11.6 Å². The minimum Gasteiger partial charge on any atom is -0.494 e. The molecule has 2 aromatic rings. The zero-order valence-corrected chi connectivity index (χ0v) is 15.6. The topological polar surface area (TPSA) is 26.3 Å². The van der Waals surface area contributed by atoms with Crippen LogP contribution in [0.1, 0.15) is 35.7 Å². The first-order chi connectivity index (χ1) is 10.6. The molecule has 0 N–H and O–H groups in total. The summed E-state index contributed by atoms with van der Waals surface area (Å²) in [5, 5.41) is 1.52. The summed E-state index contributed by atoms with van der Waals surface area (Å²) in [6.07, 6.45) is 2.17. The van der Waals surface area contributed by atoms with Gasteiger partial charge in [0.2, 0.25) is 0 Å². The van der Waals surface area contributed by atoms with Crippen LogP contribution in [0.3, 0.4) is 0 Å². The minimum atomic E-state index is 0. The Kier molecular flexibility index (Phi) is 8.96. The molecule has 0 saturated carbocycles. The number of benzene rings is 2. The van der Waals surface area contributed by atoms with Gasteiger partial charge in [0, 0.05) is 24.4 Å². The fraction of sp³-hybridized carbons (Fsp3) is 0.278. The predicted molar refractivity (Wildman–Crippen MR) is 101 cm³/mol. The van der Waals surface area contributed by atoms with Crippen molar-refractivity contribution in [1.82, 2.24) is 0 Å². The monoisotopic (exact) mass is 341 g/mol. The summed E-state index contributed by atoms with van der Waals surface area (Å²) in [4.78, 5) is 12.4. The van der Waals surface area contributed by atoms with Gasteiger partial charge in [0.25, 0.3) is 0 Å². The zero-order valence-electron chi connectivity index (χ0n) is 13.9. The van der Waals surface area contributed by atoms with Crippen molar-refractivity contribution in [3.63, 3.8) is 0 Å². The minimum absolute atomic E-state index is 0. The van der Waals surface area contributed by atoms with Crippen LogP contribution in [0.5, 0.6) is 5.75 Å². The van der Waals surface area contributed by atoms with Gasteiger partial charge in [-0.05, 0) is 51.0 Å². The van der Waals surface area contributed by atoms with E-state index in [1.54, 1.807) is 6.07 Å². The van der Waals surface area contributed by atoms with Crippen molar-refractivity contribution in [3.05, 3.63) is 58.6 Å². The molecule has 0 aliphatic carbocycles. The molecule has 2 aromatic carbocycles. The SMILES string of the molecule is CCCCOc1ccc(PC(=O)c2c(C)cccc2Cl)cc1.[Li]. The Morgan fingerprint density at radius 3 is 2.48 bits per heavy atom. The summed E-state index contributed by atoms with van der Waals surface area (Å²) in [5.74, 6) is 0.850. The van der Waals surface area contributed by atoms with E-state index in [1.807, 2.05) is 43.3 Å². The Hall–Kier alpha value is -0.773. The second-order valence-electron chi connectivity index (χ2n) is 5.11. The summed E-state index contributed by atoms with van der Waals surface area (Å²) in [5.41, 5.74) is 1.62. The fourth-order valence-electron chi connectivity index (χ4n) is 2.08. The van der Waals surface area contributed by atoms with Gasteiger partial charge >= 0.3 is 0 Å². The van der Waals surface area contributed by atoms with E-state index in [-0.39, 0.29) is 33.0 Å². The van der Waals surface area contributed by atoms with Crippen LogP contribution in [-0.4, -0.2) is 31.0 Å². The zero-order chi connectivity index (χ0) is 15.9. The van der Waals surface area contributed by atoms with E-state index in [9.17, 15) is 4.79 Å². The quantitative estimate of drug-likeness (QED) is 0.418. The van der Waals surface area contributed by atoms with Gasteiger partial charge in [-0.3, -0.25) is 4.79 Å². The van der Waals surface area contributed by atoms with Crippen LogP contribution in [0.15, 0.2) is 42.5 Å². The normalized spacial score (nSPS) is 10.6. The van der Waals surface area contributed by atoms with Crippen molar-refractivity contribution in [2.75, 3.05) is 6.61 Å². The molecule has 23 heavy (non-hydrogen) atoms. The number of unbranched alkanes of at least 4 members (excludes halogenated alkanes) is 1. The molecule has 2 nitrogen and oxygen atoms in total. The first kappa shape index (κ1) is 20.3. The molecule has 2 rings (SSSR count). The molecule has 0 heterocycles. The average molecular weight is 342 g/mol. The van der Waals surface area contributed by atoms with Crippen LogP contribution in [0.2, 0.25) is 5.02 Å². The van der Waals surface area contributed by atoms with Crippen LogP contribution < -0.4 is 10.0 Å². The summed E-state index contributed by atoms with van der Waals surface area (Å²) in [6, 6.07) is 13.3. The molecule has 0 aliphatic rings. The molecule has 117 valence electrons. The Bertz CT molecular complexity index is 624. The summed E-state index contributed by atoms with van der Waals surface area (Å²) in [6.45, 7) is 4.78. The van der Waals surface area contributed by atoms with Crippen molar-refractivity contribution in [2.24, 2.45) is 0 Å². The van der Waals surface area contributed by atoms with E-state index in [1.165, 1.54) is 0 Å². The largest absolute Gasteiger partial charge is 0.494 e. The van der Waals surface area contributed by atoms with Crippen LogP contribution in [-0.2, 0) is 0 Å². The van der Waals surface area contributed by atoms with Crippen LogP contribution in [0, 0.1) is 6.92 Å². The molecule has 1 atom stereocenters. The van der Waals surface area contributed by atoms with Gasteiger partial charge in [-0.15, -0.1) is 0 Å². The first-order valence-corrected chi connectivity index (χ1v) is 8.79. The van der Waals surface area contributed by atoms with Gasteiger partial charge in [-0.2, -0.15) is 0 Å². The molecule has 0 bridgehead atoms. The van der Waals surface area contributed by atoms with E-state index >= 15 is 0 Å². The summed E-state index contributed by atoms with van der Waals surface area (Å²) < 4.78 is 5.63. The number of ether oxygens (including phenoxy) is 1. The maximum Gasteiger partial charge on any atom is 0.187 e. The number of carbonyl (C=O) groups excluding carboxylic acids is 1. The van der Waals surface area contributed by atoms with Crippen molar-refractivity contribution in [2.45, 2.75) is 26.7 Å². The standard InChI is InChI=1S/C18H20ClO2P.Li/c1-3-4-12-21-14-8-10-15(11-9-14)22-18(20)17-13(2)6-5-7-16(17)19;/h5-11,22H,3-4,12H2,1-2H3;. The molecule has 1 unspecified atom stereocenters. The number of rotatable bonds is 7. The molecule has 0 spiro atoms. The van der Waals surface area contributed by atoms with E-state index < -0.39 is 0 Å². The Morgan fingerprint density at radius 1 is 1.17 bits per heavy atom. The third-order valence-electron chi connectivity index (χ3n) is 3.33. The third-order valence-corrected chi connectivity index (χ3v) is 4.74. The smallest absolute Gasteiger partial charge is 0.187 e. The summed E-state index contributed by atoms with van der Waals surface area (Å²) in [7, 11) is 0.0683. The number of hydrogen-bond donors (Lipinski definition) is 0. The second kappa shape index (κ2) is 10.2. The molecule has 0 aliphatic heterocycles. The second-order valence-corrected chi connectivity index (χ2v) is 6.80. The Balaban J connectivity index is 0.00000264. The molecule has 0 fully saturated rings. The molecule has 1 radical (unpaired) electrons. The molecular weight excluding hydrogens is 322 g/mol. The number of halogens is 1. The predicted octanol–water partition coefficient (Wildman–Crippen LogP) is 4.59.